The van der Waals surface area contributed by atoms with Crippen molar-refractivity contribution in [2.75, 3.05) is 19.4 Å². The summed E-state index contributed by atoms with van der Waals surface area (Å²) in [5, 5.41) is 0. The molecule has 2 aromatic carbocycles. The van der Waals surface area contributed by atoms with Crippen molar-refractivity contribution in [3.8, 4) is 0 Å². The molecule has 2 aliphatic rings. The molecule has 0 bridgehead atoms. The van der Waals surface area contributed by atoms with E-state index in [0.29, 0.717) is 18.4 Å². The summed E-state index contributed by atoms with van der Waals surface area (Å²) in [7, 11) is -6.94. The molecule has 42 heavy (non-hydrogen) atoms. The van der Waals surface area contributed by atoms with E-state index in [1.54, 1.807) is 61.5 Å². The average molecular weight is 622 g/mol. The van der Waals surface area contributed by atoms with Gasteiger partial charge in [-0.25, -0.2) is 14.2 Å². The Morgan fingerprint density at radius 2 is 1.48 bits per heavy atom. The summed E-state index contributed by atoms with van der Waals surface area (Å²) in [5.41, 5.74) is -0.981. The molecule has 0 amide bonds. The summed E-state index contributed by atoms with van der Waals surface area (Å²) in [6.07, 6.45) is 0.262. The smallest absolute Gasteiger partial charge is 0.435 e. The van der Waals surface area contributed by atoms with Gasteiger partial charge in [0.2, 0.25) is 0 Å². The van der Waals surface area contributed by atoms with Gasteiger partial charge in [-0.15, -0.1) is 0 Å². The van der Waals surface area contributed by atoms with E-state index in [4.69, 9.17) is 28.0 Å². The van der Waals surface area contributed by atoms with E-state index in [1.807, 2.05) is 13.9 Å². The number of rotatable bonds is 14. The van der Waals surface area contributed by atoms with Crippen LogP contribution in [0.3, 0.4) is 0 Å². The molecule has 0 aromatic heterocycles. The van der Waals surface area contributed by atoms with Gasteiger partial charge in [-0.3, -0.25) is 9.09 Å². The van der Waals surface area contributed by atoms with Crippen molar-refractivity contribution in [2.24, 2.45) is 5.92 Å². The Balaban J connectivity index is 1.39. The summed E-state index contributed by atoms with van der Waals surface area (Å²) >= 11 is 0. The summed E-state index contributed by atoms with van der Waals surface area (Å²) in [5.74, 6) is -0.543. The first kappa shape index (κ1) is 32.6. The van der Waals surface area contributed by atoms with Crippen LogP contribution in [-0.4, -0.2) is 67.9 Å². The van der Waals surface area contributed by atoms with Crippen LogP contribution in [0.4, 0.5) is 9.59 Å². The maximum atomic E-state index is 14.1. The van der Waals surface area contributed by atoms with Crippen molar-refractivity contribution in [1.82, 2.24) is 0 Å². The minimum absolute atomic E-state index is 0.0363. The van der Waals surface area contributed by atoms with Gasteiger partial charge in [0.05, 0.1) is 31.5 Å². The van der Waals surface area contributed by atoms with Crippen LogP contribution in [0.25, 0.3) is 0 Å². The Labute approximate surface area is 246 Å². The molecule has 2 fully saturated rings. The Morgan fingerprint density at radius 3 is 2.05 bits per heavy atom. The summed E-state index contributed by atoms with van der Waals surface area (Å²) in [4.78, 5) is 35.7. The second-order valence-corrected chi connectivity index (χ2v) is 14.7. The number of carbonyl (C=O) groups is 2. The lowest BCUT2D eigenvalue weighted by atomic mass is 9.97. The SMILES string of the molecule is B[C@H]1CC[C@@H](COP(=O)(CC2C[C@H](C)O[C@@H]2COP(=O)(O)C(=O)OCc2ccccc2)C(=O)OCc2ccccc2)O1. The quantitative estimate of drug-likeness (QED) is 0.222. The fraction of sp³-hybridized carbons (Fsp3) is 0.500. The molecular weight excluding hydrogens is 585 g/mol. The van der Waals surface area contributed by atoms with Crippen molar-refractivity contribution in [3.05, 3.63) is 71.8 Å². The highest BCUT2D eigenvalue weighted by molar-refractivity contribution is 7.75. The van der Waals surface area contributed by atoms with Gasteiger partial charge in [-0.2, -0.15) is 0 Å². The molecule has 2 aliphatic heterocycles. The lowest BCUT2D eigenvalue weighted by Crippen LogP contribution is -2.28. The molecule has 3 unspecified atom stereocenters. The Bertz CT molecular complexity index is 1280. The number of benzene rings is 2. The van der Waals surface area contributed by atoms with Crippen molar-refractivity contribution in [1.29, 1.82) is 0 Å². The third kappa shape index (κ3) is 9.35. The van der Waals surface area contributed by atoms with E-state index in [2.05, 4.69) is 0 Å². The molecule has 228 valence electrons. The van der Waals surface area contributed by atoms with Crippen LogP contribution in [0.1, 0.15) is 37.3 Å². The zero-order valence-corrected chi connectivity index (χ0v) is 25.5. The zero-order valence-electron chi connectivity index (χ0n) is 23.7. The van der Waals surface area contributed by atoms with Crippen molar-refractivity contribution in [2.45, 2.75) is 63.7 Å². The third-order valence-electron chi connectivity index (χ3n) is 7.16. The van der Waals surface area contributed by atoms with E-state index in [-0.39, 0.29) is 44.2 Å². The van der Waals surface area contributed by atoms with Crippen LogP contribution in [0.2, 0.25) is 0 Å². The van der Waals surface area contributed by atoms with E-state index in [0.717, 1.165) is 12.0 Å². The molecule has 7 atom stereocenters. The molecular formula is C28H37BO11P2. The second kappa shape index (κ2) is 14.9. The molecule has 0 aliphatic carbocycles. The van der Waals surface area contributed by atoms with Gasteiger partial charge in [-0.05, 0) is 43.2 Å². The lowest BCUT2D eigenvalue weighted by Gasteiger charge is -2.25. The lowest BCUT2D eigenvalue weighted by molar-refractivity contribution is 0.0125. The standard InChI is InChI=1S/C28H37BO11P2/c1-20-14-23(25(39-20)18-38-42(33,34)28(31)36-16-22-10-6-3-7-11-22)19-41(32,37-17-24-12-13-26(29)40-24)27(30)35-15-21-8-4-2-5-9-21/h2-11,20,23-26H,12-19,29H2,1H3,(H,33,34)/t20-,23?,24-,25+,26+,41?/m0/s1. The maximum absolute atomic E-state index is 14.1. The van der Waals surface area contributed by atoms with E-state index in [1.165, 1.54) is 0 Å². The van der Waals surface area contributed by atoms with Gasteiger partial charge in [0.1, 0.15) is 21.1 Å². The fourth-order valence-corrected chi connectivity index (χ4v) is 7.67. The zero-order chi connectivity index (χ0) is 30.2. The number of ether oxygens (including phenoxy) is 4. The van der Waals surface area contributed by atoms with Crippen LogP contribution in [0.5, 0.6) is 0 Å². The van der Waals surface area contributed by atoms with Crippen LogP contribution in [0, 0.1) is 5.92 Å². The first-order valence-corrected chi connectivity index (χ1v) is 17.4. The van der Waals surface area contributed by atoms with Crippen molar-refractivity contribution in [3.63, 3.8) is 0 Å². The molecule has 14 heteroatoms. The largest absolute Gasteiger partial charge is 0.454 e. The first-order valence-electron chi connectivity index (χ1n) is 14.0. The van der Waals surface area contributed by atoms with E-state index in [9.17, 15) is 23.6 Å². The number of carbonyl (C=O) groups excluding carboxylic acids is 2. The van der Waals surface area contributed by atoms with Gasteiger partial charge < -0.3 is 28.4 Å². The summed E-state index contributed by atoms with van der Waals surface area (Å²) < 4.78 is 59.6. The van der Waals surface area contributed by atoms with E-state index >= 15 is 0 Å². The summed E-state index contributed by atoms with van der Waals surface area (Å²) in [6.45, 7) is 1.03. The van der Waals surface area contributed by atoms with Crippen molar-refractivity contribution >= 4 is 34.2 Å². The van der Waals surface area contributed by atoms with Crippen LogP contribution in [-0.2, 0) is 50.3 Å². The van der Waals surface area contributed by atoms with Gasteiger partial charge in [0.15, 0.2) is 0 Å². The Kier molecular flexibility index (Phi) is 11.6. The number of hydrogen-bond donors (Lipinski definition) is 1. The maximum Gasteiger partial charge on any atom is 0.435 e. The molecule has 11 nitrogen and oxygen atoms in total. The first-order chi connectivity index (χ1) is 20.0. The van der Waals surface area contributed by atoms with Gasteiger partial charge >= 0.3 is 26.4 Å². The summed E-state index contributed by atoms with van der Waals surface area (Å²) in [6, 6.07) is 17.8. The molecule has 0 saturated carbocycles. The average Bonchev–Trinajstić information content (AvgIpc) is 3.57. The fourth-order valence-electron chi connectivity index (χ4n) is 4.96. The highest BCUT2D eigenvalue weighted by Gasteiger charge is 2.45. The van der Waals surface area contributed by atoms with E-state index < -0.39 is 45.0 Å². The Hall–Kier alpha value is -2.30. The highest BCUT2D eigenvalue weighted by Crippen LogP contribution is 2.54. The van der Waals surface area contributed by atoms with Gasteiger partial charge in [0.25, 0.3) is 0 Å². The second-order valence-electron chi connectivity index (χ2n) is 10.7. The Morgan fingerprint density at radius 1 is 0.881 bits per heavy atom. The minimum Gasteiger partial charge on any atom is -0.454 e. The number of hydrogen-bond acceptors (Lipinski definition) is 10. The topological polar surface area (TPSA) is 144 Å². The van der Waals surface area contributed by atoms with Crippen LogP contribution < -0.4 is 0 Å². The van der Waals surface area contributed by atoms with Crippen LogP contribution >= 0.6 is 15.0 Å². The third-order valence-corrected chi connectivity index (χ3v) is 10.5. The molecule has 2 aromatic rings. The molecule has 4 rings (SSSR count). The minimum atomic E-state index is -4.82. The van der Waals surface area contributed by atoms with Crippen LogP contribution in [0.15, 0.2) is 60.7 Å². The molecule has 2 heterocycles. The monoisotopic (exact) mass is 622 g/mol. The van der Waals surface area contributed by atoms with Gasteiger partial charge in [-0.1, -0.05) is 60.7 Å². The molecule has 0 radical (unpaired) electrons. The molecule has 2 saturated heterocycles. The van der Waals surface area contributed by atoms with Crippen molar-refractivity contribution < 1.29 is 51.6 Å². The predicted molar refractivity (Wildman–Crippen MR) is 156 cm³/mol. The predicted octanol–water partition coefficient (Wildman–Crippen LogP) is 5.09. The molecule has 0 spiro atoms. The highest BCUT2D eigenvalue weighted by atomic mass is 31.2. The van der Waals surface area contributed by atoms with Gasteiger partial charge in [0, 0.05) is 12.2 Å². The normalized spacial score (nSPS) is 26.7. The molecule has 1 N–H and O–H groups in total.